The third kappa shape index (κ3) is 2.18. The normalized spacial score (nSPS) is 19.9. The summed E-state index contributed by atoms with van der Waals surface area (Å²) in [6.45, 7) is 8.60. The van der Waals surface area contributed by atoms with Gasteiger partial charge in [0.05, 0.1) is 5.02 Å². The number of nitrogens with one attached hydrogen (secondary N) is 2. The number of rotatable bonds is 3. The van der Waals surface area contributed by atoms with E-state index >= 15 is 0 Å². The number of anilines is 1. The average Bonchev–Trinajstić information content (AvgIpc) is 2.72. The van der Waals surface area contributed by atoms with Gasteiger partial charge in [0.1, 0.15) is 11.5 Å². The quantitative estimate of drug-likeness (QED) is 0.896. The Labute approximate surface area is 118 Å². The van der Waals surface area contributed by atoms with Crippen molar-refractivity contribution in [3.63, 3.8) is 0 Å². The van der Waals surface area contributed by atoms with Crippen LogP contribution in [0.15, 0.2) is 12.1 Å². The van der Waals surface area contributed by atoms with Gasteiger partial charge in [-0.05, 0) is 23.0 Å². The Bertz CT molecular complexity index is 511. The molecule has 1 fully saturated rings. The van der Waals surface area contributed by atoms with Crippen LogP contribution in [0.4, 0.5) is 5.82 Å². The molecule has 0 saturated heterocycles. The topological polar surface area (TPSA) is 54.0 Å². The first-order chi connectivity index (χ1) is 8.71. The maximum absolute atomic E-state index is 12.3. The predicted octanol–water partition coefficient (Wildman–Crippen LogP) is 2.94. The van der Waals surface area contributed by atoms with E-state index in [2.05, 4.69) is 43.3 Å². The van der Waals surface area contributed by atoms with Crippen LogP contribution in [0.25, 0.3) is 0 Å². The Kier molecular flexibility index (Phi) is 3.25. The van der Waals surface area contributed by atoms with Crippen molar-refractivity contribution >= 4 is 23.3 Å². The third-order valence-corrected chi connectivity index (χ3v) is 4.92. The summed E-state index contributed by atoms with van der Waals surface area (Å²) in [7, 11) is 1.75. The Balaban J connectivity index is 2.18. The van der Waals surface area contributed by atoms with Gasteiger partial charge in [-0.1, -0.05) is 39.3 Å². The maximum Gasteiger partial charge on any atom is 0.271 e. The monoisotopic (exact) mass is 281 g/mol. The summed E-state index contributed by atoms with van der Waals surface area (Å²) < 4.78 is 0. The predicted molar refractivity (Wildman–Crippen MR) is 77.6 cm³/mol. The average molecular weight is 282 g/mol. The number of halogens is 1. The van der Waals surface area contributed by atoms with Gasteiger partial charge >= 0.3 is 0 Å². The van der Waals surface area contributed by atoms with E-state index in [9.17, 15) is 4.79 Å². The highest BCUT2D eigenvalue weighted by molar-refractivity contribution is 6.33. The fourth-order valence-electron chi connectivity index (χ4n) is 2.50. The van der Waals surface area contributed by atoms with Gasteiger partial charge in [0.25, 0.3) is 5.91 Å². The summed E-state index contributed by atoms with van der Waals surface area (Å²) in [5.74, 6) is 0.412. The van der Waals surface area contributed by atoms with Crippen molar-refractivity contribution in [3.05, 3.63) is 22.8 Å². The number of hydrogen-bond acceptors (Lipinski definition) is 3. The Hall–Kier alpha value is -1.29. The third-order valence-electron chi connectivity index (χ3n) is 4.61. The van der Waals surface area contributed by atoms with E-state index in [0.29, 0.717) is 10.8 Å². The highest BCUT2D eigenvalue weighted by atomic mass is 35.5. The smallest absolute Gasteiger partial charge is 0.271 e. The van der Waals surface area contributed by atoms with E-state index in [4.69, 9.17) is 11.6 Å². The van der Waals surface area contributed by atoms with E-state index < -0.39 is 0 Å². The molecule has 1 aliphatic rings. The second kappa shape index (κ2) is 4.37. The molecule has 104 valence electrons. The van der Waals surface area contributed by atoms with Crippen molar-refractivity contribution in [2.75, 3.05) is 12.4 Å². The molecule has 0 atom stereocenters. The van der Waals surface area contributed by atoms with Gasteiger partial charge in [-0.2, -0.15) is 0 Å². The first-order valence-electron chi connectivity index (χ1n) is 6.37. The zero-order valence-corrected chi connectivity index (χ0v) is 12.7. The minimum absolute atomic E-state index is 0.0930. The first kappa shape index (κ1) is 14.1. The van der Waals surface area contributed by atoms with Gasteiger partial charge in [0.15, 0.2) is 0 Å². The summed E-state index contributed by atoms with van der Waals surface area (Å²) >= 11 is 6.04. The summed E-state index contributed by atoms with van der Waals surface area (Å²) in [4.78, 5) is 16.5. The molecular weight excluding hydrogens is 262 g/mol. The van der Waals surface area contributed by atoms with Crippen LogP contribution in [-0.4, -0.2) is 24.0 Å². The number of carbonyl (C=O) groups is 1. The van der Waals surface area contributed by atoms with Crippen LogP contribution in [0.2, 0.25) is 5.02 Å². The van der Waals surface area contributed by atoms with E-state index in [-0.39, 0.29) is 28.5 Å². The van der Waals surface area contributed by atoms with Crippen LogP contribution in [0.5, 0.6) is 0 Å². The lowest BCUT2D eigenvalue weighted by molar-refractivity contribution is 0.0939. The molecule has 19 heavy (non-hydrogen) atoms. The highest BCUT2D eigenvalue weighted by Crippen LogP contribution is 2.62. The number of carbonyl (C=O) groups excluding carboxylic acids is 1. The second-order valence-corrected chi connectivity index (χ2v) is 6.53. The van der Waals surface area contributed by atoms with Crippen LogP contribution in [-0.2, 0) is 0 Å². The summed E-state index contributed by atoms with van der Waals surface area (Å²) in [5, 5.41) is 6.30. The molecule has 1 aromatic rings. The minimum atomic E-state index is -0.217. The molecule has 0 radical (unpaired) electrons. The summed E-state index contributed by atoms with van der Waals surface area (Å²) in [6, 6.07) is 3.56. The van der Waals surface area contributed by atoms with Crippen LogP contribution in [0, 0.1) is 10.8 Å². The lowest BCUT2D eigenvalue weighted by atomic mass is 10.0. The lowest BCUT2D eigenvalue weighted by Crippen LogP contribution is -2.30. The van der Waals surface area contributed by atoms with Gasteiger partial charge < -0.3 is 10.6 Å². The highest BCUT2D eigenvalue weighted by Gasteiger charge is 2.65. The number of pyridine rings is 1. The van der Waals surface area contributed by atoms with Gasteiger partial charge in [0, 0.05) is 13.1 Å². The van der Waals surface area contributed by atoms with E-state index in [0.717, 1.165) is 0 Å². The molecule has 0 bridgehead atoms. The van der Waals surface area contributed by atoms with Crippen molar-refractivity contribution in [1.82, 2.24) is 10.3 Å². The Morgan fingerprint density at radius 2 is 1.84 bits per heavy atom. The van der Waals surface area contributed by atoms with Crippen LogP contribution < -0.4 is 10.6 Å². The fraction of sp³-hybridized carbons (Fsp3) is 0.571. The molecule has 1 amide bonds. The molecule has 5 heteroatoms. The molecule has 0 unspecified atom stereocenters. The van der Waals surface area contributed by atoms with Gasteiger partial charge in [-0.25, -0.2) is 4.98 Å². The van der Waals surface area contributed by atoms with E-state index in [1.807, 2.05) is 0 Å². The van der Waals surface area contributed by atoms with Crippen LogP contribution in [0.3, 0.4) is 0 Å². The zero-order valence-electron chi connectivity index (χ0n) is 12.0. The SMILES string of the molecule is CNc1ccc(Cl)c(C(=O)NC2C(C)(C)C2(C)C)n1. The first-order valence-corrected chi connectivity index (χ1v) is 6.74. The Morgan fingerprint density at radius 1 is 1.26 bits per heavy atom. The molecule has 0 aromatic carbocycles. The molecule has 4 nitrogen and oxygen atoms in total. The molecule has 1 saturated carbocycles. The standard InChI is InChI=1S/C14H20ClN3O/c1-13(2)12(14(13,3)4)18-11(19)10-8(15)6-7-9(16-5)17-10/h6-7,12H,1-5H3,(H,16,17)(H,18,19). The van der Waals surface area contributed by atoms with Gasteiger partial charge in [0.2, 0.25) is 0 Å². The van der Waals surface area contributed by atoms with Gasteiger partial charge in [-0.3, -0.25) is 4.79 Å². The number of aromatic nitrogens is 1. The van der Waals surface area contributed by atoms with Crippen molar-refractivity contribution < 1.29 is 4.79 Å². The maximum atomic E-state index is 12.3. The largest absolute Gasteiger partial charge is 0.373 e. The number of nitrogens with zero attached hydrogens (tertiary/aromatic N) is 1. The molecule has 1 heterocycles. The molecule has 0 spiro atoms. The summed E-state index contributed by atoms with van der Waals surface area (Å²) in [6.07, 6.45) is 0. The minimum Gasteiger partial charge on any atom is -0.373 e. The Morgan fingerprint density at radius 3 is 2.32 bits per heavy atom. The van der Waals surface area contributed by atoms with Crippen LogP contribution in [0.1, 0.15) is 38.2 Å². The molecular formula is C14H20ClN3O. The van der Waals surface area contributed by atoms with Crippen molar-refractivity contribution in [3.8, 4) is 0 Å². The molecule has 2 N–H and O–H groups in total. The zero-order chi connectivity index (χ0) is 14.4. The van der Waals surface area contributed by atoms with Crippen molar-refractivity contribution in [1.29, 1.82) is 0 Å². The molecule has 2 rings (SSSR count). The molecule has 0 aliphatic heterocycles. The van der Waals surface area contributed by atoms with E-state index in [1.165, 1.54) is 0 Å². The van der Waals surface area contributed by atoms with Crippen molar-refractivity contribution in [2.24, 2.45) is 10.8 Å². The number of amides is 1. The lowest BCUT2D eigenvalue weighted by Gasteiger charge is -2.09. The summed E-state index contributed by atoms with van der Waals surface area (Å²) in [5.41, 5.74) is 0.456. The van der Waals surface area contributed by atoms with Gasteiger partial charge in [-0.15, -0.1) is 0 Å². The van der Waals surface area contributed by atoms with E-state index in [1.54, 1.807) is 19.2 Å². The second-order valence-electron chi connectivity index (χ2n) is 6.13. The van der Waals surface area contributed by atoms with Crippen molar-refractivity contribution in [2.45, 2.75) is 33.7 Å². The number of hydrogen-bond donors (Lipinski definition) is 2. The molecule has 1 aromatic heterocycles. The van der Waals surface area contributed by atoms with Crippen LogP contribution >= 0.6 is 11.6 Å². The molecule has 1 aliphatic carbocycles. The fourth-order valence-corrected chi connectivity index (χ4v) is 2.69.